The van der Waals surface area contributed by atoms with Crippen LogP contribution in [-0.4, -0.2) is 37.7 Å². The van der Waals surface area contributed by atoms with Crippen LogP contribution < -0.4 is 0 Å². The predicted molar refractivity (Wildman–Crippen MR) is 261 cm³/mol. The molecule has 0 radical (unpaired) electrons. The first-order valence-electron chi connectivity index (χ1n) is 26.1. The summed E-state index contributed by atoms with van der Waals surface area (Å²) < 4.78 is 16.6. The molecule has 0 N–H and O–H groups in total. The molecule has 0 rings (SSSR count). The smallest absolute Gasteiger partial charge is 0.310 e. The molecule has 6 heteroatoms. The van der Waals surface area contributed by atoms with Gasteiger partial charge in [0.25, 0.3) is 0 Å². The van der Waals surface area contributed by atoms with Gasteiger partial charge in [-0.3, -0.25) is 14.4 Å². The maximum absolute atomic E-state index is 13.1. The molecule has 0 aromatic carbocycles. The highest BCUT2D eigenvalue weighted by Crippen LogP contribution is 2.17. The molecule has 0 fully saturated rings. The van der Waals surface area contributed by atoms with Crippen molar-refractivity contribution in [1.29, 1.82) is 0 Å². The number of allylic oxidation sites excluding steroid dienone is 8. The van der Waals surface area contributed by atoms with Crippen LogP contribution >= 0.6 is 0 Å². The van der Waals surface area contributed by atoms with Gasteiger partial charge in [-0.1, -0.05) is 211 Å². The zero-order valence-corrected chi connectivity index (χ0v) is 40.4. The van der Waals surface area contributed by atoms with Crippen LogP contribution in [-0.2, 0) is 28.6 Å². The van der Waals surface area contributed by atoms with Crippen LogP contribution in [0.15, 0.2) is 48.6 Å². The topological polar surface area (TPSA) is 78.9 Å². The van der Waals surface area contributed by atoms with Crippen LogP contribution in [0.25, 0.3) is 0 Å². The molecule has 0 aromatic heterocycles. The maximum Gasteiger partial charge on any atom is 0.310 e. The molecule has 0 saturated heterocycles. The molecule has 0 saturated carbocycles. The van der Waals surface area contributed by atoms with Crippen LogP contribution in [0.2, 0.25) is 0 Å². The Morgan fingerprint density at radius 1 is 0.328 bits per heavy atom. The molecule has 354 valence electrons. The summed E-state index contributed by atoms with van der Waals surface area (Å²) in [6.07, 6.45) is 59.0. The third-order valence-electron chi connectivity index (χ3n) is 11.4. The number of carbonyl (C=O) groups excluding carboxylic acids is 3. The summed E-state index contributed by atoms with van der Waals surface area (Å²) in [5, 5.41) is 0. The minimum absolute atomic E-state index is 0.155. The highest BCUT2D eigenvalue weighted by atomic mass is 16.5. The fourth-order valence-electron chi connectivity index (χ4n) is 7.37. The van der Waals surface area contributed by atoms with Crippen molar-refractivity contribution in [3.63, 3.8) is 0 Å². The lowest BCUT2D eigenvalue weighted by Crippen LogP contribution is -2.26. The first kappa shape index (κ1) is 58.4. The summed E-state index contributed by atoms with van der Waals surface area (Å²) in [7, 11) is 0. The molecule has 0 amide bonds. The third kappa shape index (κ3) is 46.7. The Morgan fingerprint density at radius 3 is 0.934 bits per heavy atom. The second-order valence-corrected chi connectivity index (χ2v) is 17.4. The van der Waals surface area contributed by atoms with E-state index in [-0.39, 0.29) is 12.8 Å². The Labute approximate surface area is 378 Å². The van der Waals surface area contributed by atoms with Crippen molar-refractivity contribution in [2.75, 3.05) is 19.8 Å². The zero-order valence-electron chi connectivity index (χ0n) is 40.4. The van der Waals surface area contributed by atoms with E-state index in [1.165, 1.54) is 122 Å². The fourth-order valence-corrected chi connectivity index (χ4v) is 7.37. The SMILES string of the molecule is CCCCCC=CCC=CCCCCCCCOC(=O)CC(CC(=O)OCCCCCCCCCCCCCCC)C(=O)OCCCCCCCC=CCC=CCCCCC. The molecule has 1 atom stereocenters. The Bertz CT molecular complexity index is 1070. The number of carbonyl (C=O) groups is 3. The Kier molecular flexibility index (Phi) is 47.9. The molecule has 0 aliphatic carbocycles. The van der Waals surface area contributed by atoms with E-state index in [1.807, 2.05) is 0 Å². The normalized spacial score (nSPS) is 12.4. The Balaban J connectivity index is 4.43. The molecule has 6 nitrogen and oxygen atoms in total. The fraction of sp³-hybridized carbons (Fsp3) is 0.800. The van der Waals surface area contributed by atoms with Crippen LogP contribution in [0, 0.1) is 5.92 Å². The van der Waals surface area contributed by atoms with Crippen LogP contribution in [0.1, 0.15) is 258 Å². The number of esters is 3. The van der Waals surface area contributed by atoms with Crippen LogP contribution in [0.3, 0.4) is 0 Å². The molecule has 0 bridgehead atoms. The molecule has 0 aliphatic rings. The van der Waals surface area contributed by atoms with E-state index in [9.17, 15) is 14.4 Å². The zero-order chi connectivity index (χ0) is 44.4. The molecular formula is C55H98O6. The van der Waals surface area contributed by atoms with Crippen molar-refractivity contribution >= 4 is 17.9 Å². The molecule has 0 heterocycles. The summed E-state index contributed by atoms with van der Waals surface area (Å²) in [5.74, 6) is -2.28. The number of hydrogen-bond acceptors (Lipinski definition) is 6. The standard InChI is InChI=1S/C55H98O6/c1-4-7-10-13-16-19-22-25-27-30-33-36-39-42-45-48-60-54(57)51-52(50-53(56)59-47-44-41-38-35-32-29-24-21-18-15-12-9-6-3)55(58)61-49-46-43-40-37-34-31-28-26-23-20-17-14-11-8-5-2/h16-17,19-20,25-28,52H,4-15,18,21-24,29-51H2,1-3H3. The average molecular weight is 855 g/mol. The lowest BCUT2D eigenvalue weighted by Gasteiger charge is -2.15. The van der Waals surface area contributed by atoms with Gasteiger partial charge in [-0.2, -0.15) is 0 Å². The van der Waals surface area contributed by atoms with Gasteiger partial charge in [0, 0.05) is 0 Å². The van der Waals surface area contributed by atoms with Gasteiger partial charge in [0.05, 0.1) is 38.6 Å². The highest BCUT2D eigenvalue weighted by molar-refractivity contribution is 5.84. The van der Waals surface area contributed by atoms with E-state index in [2.05, 4.69) is 69.4 Å². The van der Waals surface area contributed by atoms with Crippen molar-refractivity contribution in [3.05, 3.63) is 48.6 Å². The monoisotopic (exact) mass is 855 g/mol. The van der Waals surface area contributed by atoms with Crippen molar-refractivity contribution in [2.45, 2.75) is 258 Å². The van der Waals surface area contributed by atoms with Gasteiger partial charge >= 0.3 is 17.9 Å². The summed E-state index contributed by atoms with van der Waals surface area (Å²) in [6.45, 7) is 7.72. The van der Waals surface area contributed by atoms with Crippen LogP contribution in [0.5, 0.6) is 0 Å². The maximum atomic E-state index is 13.1. The van der Waals surface area contributed by atoms with Crippen molar-refractivity contribution in [3.8, 4) is 0 Å². The van der Waals surface area contributed by atoms with Crippen molar-refractivity contribution in [2.24, 2.45) is 5.92 Å². The number of rotatable bonds is 47. The summed E-state index contributed by atoms with van der Waals surface area (Å²) in [5.41, 5.74) is 0. The second-order valence-electron chi connectivity index (χ2n) is 17.4. The first-order chi connectivity index (χ1) is 30.0. The molecule has 1 unspecified atom stereocenters. The minimum atomic E-state index is -0.880. The molecular weight excluding hydrogens is 757 g/mol. The average Bonchev–Trinajstić information content (AvgIpc) is 3.25. The largest absolute Gasteiger partial charge is 0.466 e. The van der Waals surface area contributed by atoms with Gasteiger partial charge < -0.3 is 14.2 Å². The molecule has 0 aliphatic heterocycles. The number of ether oxygens (including phenoxy) is 3. The van der Waals surface area contributed by atoms with E-state index in [1.54, 1.807) is 0 Å². The van der Waals surface area contributed by atoms with Crippen LogP contribution in [0.4, 0.5) is 0 Å². The van der Waals surface area contributed by atoms with E-state index >= 15 is 0 Å². The Morgan fingerprint density at radius 2 is 0.590 bits per heavy atom. The van der Waals surface area contributed by atoms with Crippen molar-refractivity contribution < 1.29 is 28.6 Å². The van der Waals surface area contributed by atoms with Gasteiger partial charge in [-0.05, 0) is 83.5 Å². The highest BCUT2D eigenvalue weighted by Gasteiger charge is 2.28. The minimum Gasteiger partial charge on any atom is -0.466 e. The lowest BCUT2D eigenvalue weighted by molar-refractivity contribution is -0.159. The van der Waals surface area contributed by atoms with Crippen molar-refractivity contribution in [1.82, 2.24) is 0 Å². The third-order valence-corrected chi connectivity index (χ3v) is 11.4. The van der Waals surface area contributed by atoms with E-state index in [0.717, 1.165) is 103 Å². The van der Waals surface area contributed by atoms with Gasteiger partial charge in [0.2, 0.25) is 0 Å². The van der Waals surface area contributed by atoms with Gasteiger partial charge in [-0.25, -0.2) is 0 Å². The molecule has 61 heavy (non-hydrogen) atoms. The van der Waals surface area contributed by atoms with Gasteiger partial charge in [0.15, 0.2) is 0 Å². The number of hydrogen-bond donors (Lipinski definition) is 0. The quantitative estimate of drug-likeness (QED) is 0.0263. The van der Waals surface area contributed by atoms with Gasteiger partial charge in [0.1, 0.15) is 0 Å². The molecule has 0 aromatic rings. The van der Waals surface area contributed by atoms with E-state index < -0.39 is 23.8 Å². The summed E-state index contributed by atoms with van der Waals surface area (Å²) >= 11 is 0. The van der Waals surface area contributed by atoms with Gasteiger partial charge in [-0.15, -0.1) is 0 Å². The van der Waals surface area contributed by atoms with E-state index in [0.29, 0.717) is 19.8 Å². The Hall–Kier alpha value is -2.63. The second kappa shape index (κ2) is 50.0. The number of unbranched alkanes of at least 4 members (excludes halogenated alkanes) is 28. The first-order valence-corrected chi connectivity index (χ1v) is 26.1. The molecule has 0 spiro atoms. The lowest BCUT2D eigenvalue weighted by atomic mass is 10.0. The summed E-state index contributed by atoms with van der Waals surface area (Å²) in [6, 6.07) is 0. The predicted octanol–water partition coefficient (Wildman–Crippen LogP) is 17.0. The van der Waals surface area contributed by atoms with E-state index in [4.69, 9.17) is 14.2 Å². The summed E-state index contributed by atoms with van der Waals surface area (Å²) in [4.78, 5) is 38.7.